The van der Waals surface area contributed by atoms with Crippen molar-refractivity contribution < 1.29 is 18.3 Å². The van der Waals surface area contributed by atoms with Gasteiger partial charge in [-0.3, -0.25) is 24.5 Å². The molecule has 0 bridgehead atoms. The Morgan fingerprint density at radius 1 is 0.962 bits per heavy atom. The van der Waals surface area contributed by atoms with Gasteiger partial charge in [-0.2, -0.15) is 0 Å². The third kappa shape index (κ3) is 3.64. The predicted octanol–water partition coefficient (Wildman–Crippen LogP) is 3.42. The summed E-state index contributed by atoms with van der Waals surface area (Å²) in [6.45, 7) is 4.94. The number of sulfonamides is 1. The Balaban J connectivity index is 2.69. The molecule has 0 N–H and O–H groups in total. The second kappa shape index (κ2) is 7.08. The molecule has 138 valence electrons. The van der Waals surface area contributed by atoms with E-state index >= 15 is 0 Å². The molecule has 0 saturated carbocycles. The first-order valence-corrected chi connectivity index (χ1v) is 9.03. The number of nitro benzene ring substituents is 2. The Bertz CT molecular complexity index is 954. The van der Waals surface area contributed by atoms with Crippen molar-refractivity contribution in [2.45, 2.75) is 31.7 Å². The van der Waals surface area contributed by atoms with E-state index in [9.17, 15) is 28.6 Å². The average Bonchev–Trinajstić information content (AvgIpc) is 2.54. The van der Waals surface area contributed by atoms with Crippen LogP contribution in [0.3, 0.4) is 0 Å². The van der Waals surface area contributed by atoms with Crippen molar-refractivity contribution in [2.24, 2.45) is 0 Å². The van der Waals surface area contributed by atoms with Gasteiger partial charge in [-0.05, 0) is 39.0 Å². The summed E-state index contributed by atoms with van der Waals surface area (Å²) in [4.78, 5) is 20.7. The van der Waals surface area contributed by atoms with Crippen LogP contribution in [0.1, 0.15) is 19.4 Å². The first-order valence-electron chi connectivity index (χ1n) is 7.59. The van der Waals surface area contributed by atoms with Crippen molar-refractivity contribution in [3.05, 3.63) is 68.3 Å². The number of nitrogens with zero attached hydrogens (tertiary/aromatic N) is 3. The highest BCUT2D eigenvalue weighted by molar-refractivity contribution is 7.92. The van der Waals surface area contributed by atoms with Gasteiger partial charge in [0.25, 0.3) is 21.4 Å². The average molecular weight is 379 g/mol. The van der Waals surface area contributed by atoms with Crippen LogP contribution in [0.15, 0.2) is 47.4 Å². The Labute approximate surface area is 150 Å². The van der Waals surface area contributed by atoms with Crippen LogP contribution in [-0.2, 0) is 10.0 Å². The van der Waals surface area contributed by atoms with Gasteiger partial charge in [0.15, 0.2) is 0 Å². The monoisotopic (exact) mass is 379 g/mol. The van der Waals surface area contributed by atoms with Gasteiger partial charge in [0.2, 0.25) is 0 Å². The fraction of sp³-hybridized carbons (Fsp3) is 0.250. The van der Waals surface area contributed by atoms with Crippen LogP contribution in [-0.4, -0.2) is 24.3 Å². The summed E-state index contributed by atoms with van der Waals surface area (Å²) in [7, 11) is -4.10. The number of non-ortho nitro benzene ring substituents is 1. The lowest BCUT2D eigenvalue weighted by atomic mass is 10.2. The van der Waals surface area contributed by atoms with Gasteiger partial charge in [-0.25, -0.2) is 8.42 Å². The summed E-state index contributed by atoms with van der Waals surface area (Å²) in [6, 6.07) is 8.31. The Morgan fingerprint density at radius 2 is 1.54 bits per heavy atom. The maximum Gasteiger partial charge on any atom is 0.300 e. The minimum Gasteiger partial charge on any atom is -0.258 e. The number of benzene rings is 2. The van der Waals surface area contributed by atoms with Crippen molar-refractivity contribution in [1.29, 1.82) is 0 Å². The molecular weight excluding hydrogens is 362 g/mol. The standard InChI is InChI=1S/C16H17N3O6S/c1-11(2)17(26(24,25)14-7-4-12(3)5-8-14)15-9-6-13(18(20)21)10-16(15)19(22)23/h4-11H,1-3H3. The molecule has 9 nitrogen and oxygen atoms in total. The molecule has 0 unspecified atom stereocenters. The van der Waals surface area contributed by atoms with Crippen LogP contribution >= 0.6 is 0 Å². The maximum atomic E-state index is 13.0. The molecule has 0 radical (unpaired) electrons. The topological polar surface area (TPSA) is 124 Å². The number of hydrogen-bond acceptors (Lipinski definition) is 6. The number of nitro groups is 2. The van der Waals surface area contributed by atoms with Crippen molar-refractivity contribution in [3.8, 4) is 0 Å². The molecule has 26 heavy (non-hydrogen) atoms. The minimum absolute atomic E-state index is 0.0237. The van der Waals surface area contributed by atoms with Crippen LogP contribution in [0.2, 0.25) is 0 Å². The van der Waals surface area contributed by atoms with Gasteiger partial charge >= 0.3 is 0 Å². The van der Waals surface area contributed by atoms with Crippen LogP contribution in [0.4, 0.5) is 17.1 Å². The first-order chi connectivity index (χ1) is 12.1. The molecule has 2 rings (SSSR count). The van der Waals surface area contributed by atoms with Crippen molar-refractivity contribution in [1.82, 2.24) is 0 Å². The van der Waals surface area contributed by atoms with E-state index in [1.807, 2.05) is 0 Å². The van der Waals surface area contributed by atoms with Crippen molar-refractivity contribution in [2.75, 3.05) is 4.31 Å². The largest absolute Gasteiger partial charge is 0.300 e. The van der Waals surface area contributed by atoms with E-state index in [0.29, 0.717) is 0 Å². The van der Waals surface area contributed by atoms with E-state index in [-0.39, 0.29) is 10.6 Å². The van der Waals surface area contributed by atoms with Crippen LogP contribution < -0.4 is 4.31 Å². The predicted molar refractivity (Wildman–Crippen MR) is 95.7 cm³/mol. The smallest absolute Gasteiger partial charge is 0.258 e. The summed E-state index contributed by atoms with van der Waals surface area (Å²) < 4.78 is 27.0. The fourth-order valence-corrected chi connectivity index (χ4v) is 4.14. The third-order valence-corrected chi connectivity index (χ3v) is 5.65. The van der Waals surface area contributed by atoms with Crippen LogP contribution in [0.5, 0.6) is 0 Å². The molecular formula is C16H17N3O6S. The fourth-order valence-electron chi connectivity index (χ4n) is 2.47. The van der Waals surface area contributed by atoms with Gasteiger partial charge in [-0.15, -0.1) is 0 Å². The molecule has 0 fully saturated rings. The van der Waals surface area contributed by atoms with Gasteiger partial charge in [-0.1, -0.05) is 17.7 Å². The summed E-state index contributed by atoms with van der Waals surface area (Å²) in [5.41, 5.74) is -0.502. The molecule has 0 aliphatic heterocycles. The number of aryl methyl sites for hydroxylation is 1. The zero-order valence-electron chi connectivity index (χ0n) is 14.3. The second-order valence-electron chi connectivity index (χ2n) is 5.89. The summed E-state index contributed by atoms with van der Waals surface area (Å²) in [6.07, 6.45) is 0. The van der Waals surface area contributed by atoms with E-state index in [0.717, 1.165) is 28.1 Å². The molecule has 0 aromatic heterocycles. The molecule has 0 amide bonds. The second-order valence-corrected chi connectivity index (χ2v) is 7.71. The van der Waals surface area contributed by atoms with Gasteiger partial charge in [0.1, 0.15) is 5.69 Å². The molecule has 0 heterocycles. The number of anilines is 1. The molecule has 2 aromatic carbocycles. The van der Waals surface area contributed by atoms with Gasteiger partial charge in [0.05, 0.1) is 20.8 Å². The lowest BCUT2D eigenvalue weighted by Crippen LogP contribution is -2.37. The summed E-state index contributed by atoms with van der Waals surface area (Å²) in [5.74, 6) is 0. The lowest BCUT2D eigenvalue weighted by Gasteiger charge is -2.27. The Hall–Kier alpha value is -3.01. The van der Waals surface area contributed by atoms with E-state index < -0.39 is 37.3 Å². The molecule has 10 heteroatoms. The number of hydrogen-bond donors (Lipinski definition) is 0. The van der Waals surface area contributed by atoms with Crippen LogP contribution in [0, 0.1) is 27.2 Å². The van der Waals surface area contributed by atoms with Crippen LogP contribution in [0.25, 0.3) is 0 Å². The van der Waals surface area contributed by atoms with E-state index in [1.165, 1.54) is 12.1 Å². The van der Waals surface area contributed by atoms with E-state index in [2.05, 4.69) is 0 Å². The quantitative estimate of drug-likeness (QED) is 0.559. The Morgan fingerprint density at radius 3 is 2.00 bits per heavy atom. The Kier molecular flexibility index (Phi) is 5.26. The van der Waals surface area contributed by atoms with E-state index in [1.54, 1.807) is 32.9 Å². The van der Waals surface area contributed by atoms with E-state index in [4.69, 9.17) is 0 Å². The molecule has 2 aromatic rings. The highest BCUT2D eigenvalue weighted by Crippen LogP contribution is 2.36. The first kappa shape index (κ1) is 19.3. The maximum absolute atomic E-state index is 13.0. The molecule has 0 aliphatic carbocycles. The summed E-state index contributed by atoms with van der Waals surface area (Å²) >= 11 is 0. The molecule has 0 aliphatic rings. The highest BCUT2D eigenvalue weighted by Gasteiger charge is 2.33. The van der Waals surface area contributed by atoms with Crippen molar-refractivity contribution in [3.63, 3.8) is 0 Å². The van der Waals surface area contributed by atoms with Gasteiger partial charge < -0.3 is 0 Å². The zero-order valence-corrected chi connectivity index (χ0v) is 15.1. The SMILES string of the molecule is Cc1ccc(S(=O)(=O)N(c2ccc([N+](=O)[O-])cc2[N+](=O)[O-])C(C)C)cc1. The third-order valence-electron chi connectivity index (χ3n) is 3.65. The molecule has 0 saturated heterocycles. The summed E-state index contributed by atoms with van der Waals surface area (Å²) in [5, 5.41) is 22.3. The zero-order chi connectivity index (χ0) is 19.6. The van der Waals surface area contributed by atoms with Crippen molar-refractivity contribution >= 4 is 27.1 Å². The van der Waals surface area contributed by atoms with Gasteiger partial charge in [0, 0.05) is 12.1 Å². The number of rotatable bonds is 6. The molecule has 0 spiro atoms. The highest BCUT2D eigenvalue weighted by atomic mass is 32.2. The molecule has 0 atom stereocenters. The normalized spacial score (nSPS) is 11.4. The lowest BCUT2D eigenvalue weighted by molar-refractivity contribution is -0.393. The minimum atomic E-state index is -4.10.